The van der Waals surface area contributed by atoms with Crippen LogP contribution in [0.5, 0.6) is 0 Å². The standard InChI is InChI=1S/C14H20F3N/c1-3-13(18-2)9-5-7-11-6-4-8-12(10-11)14(15,16)17/h4,6,8,10,13,18H,3,5,7,9H2,1-2H3. The fourth-order valence-electron chi connectivity index (χ4n) is 2.01. The number of rotatable bonds is 6. The summed E-state index contributed by atoms with van der Waals surface area (Å²) in [6.45, 7) is 2.10. The maximum absolute atomic E-state index is 12.5. The first-order valence-electron chi connectivity index (χ1n) is 6.30. The molecule has 0 saturated carbocycles. The fourth-order valence-corrected chi connectivity index (χ4v) is 2.01. The van der Waals surface area contributed by atoms with Gasteiger partial charge in [-0.25, -0.2) is 0 Å². The average molecular weight is 259 g/mol. The van der Waals surface area contributed by atoms with Crippen LogP contribution in [0.1, 0.15) is 37.3 Å². The van der Waals surface area contributed by atoms with E-state index < -0.39 is 11.7 Å². The van der Waals surface area contributed by atoms with Gasteiger partial charge in [-0.2, -0.15) is 13.2 Å². The molecule has 0 aromatic heterocycles. The van der Waals surface area contributed by atoms with Gasteiger partial charge in [0.25, 0.3) is 0 Å². The zero-order valence-corrected chi connectivity index (χ0v) is 10.8. The van der Waals surface area contributed by atoms with Crippen molar-refractivity contribution in [2.75, 3.05) is 7.05 Å². The lowest BCUT2D eigenvalue weighted by molar-refractivity contribution is -0.137. The molecule has 1 atom stereocenters. The maximum Gasteiger partial charge on any atom is 0.416 e. The highest BCUT2D eigenvalue weighted by atomic mass is 19.4. The van der Waals surface area contributed by atoms with Crippen molar-refractivity contribution in [3.05, 3.63) is 35.4 Å². The molecule has 1 aromatic carbocycles. The summed E-state index contributed by atoms with van der Waals surface area (Å²) in [7, 11) is 1.92. The van der Waals surface area contributed by atoms with E-state index in [0.29, 0.717) is 12.5 Å². The van der Waals surface area contributed by atoms with Gasteiger partial charge in [0, 0.05) is 6.04 Å². The highest BCUT2D eigenvalue weighted by Crippen LogP contribution is 2.29. The van der Waals surface area contributed by atoms with E-state index in [0.717, 1.165) is 30.9 Å². The molecule has 0 aliphatic heterocycles. The first-order chi connectivity index (χ1) is 8.47. The fraction of sp³-hybridized carbons (Fsp3) is 0.571. The lowest BCUT2D eigenvalue weighted by Gasteiger charge is -2.13. The number of alkyl halides is 3. The summed E-state index contributed by atoms with van der Waals surface area (Å²) in [5, 5.41) is 3.19. The van der Waals surface area contributed by atoms with Crippen LogP contribution < -0.4 is 5.32 Å². The smallest absolute Gasteiger partial charge is 0.317 e. The summed E-state index contributed by atoms with van der Waals surface area (Å²) in [5.41, 5.74) is 0.205. The van der Waals surface area contributed by atoms with E-state index >= 15 is 0 Å². The van der Waals surface area contributed by atoms with Crippen molar-refractivity contribution < 1.29 is 13.2 Å². The largest absolute Gasteiger partial charge is 0.416 e. The Labute approximate surface area is 106 Å². The Morgan fingerprint density at radius 3 is 2.56 bits per heavy atom. The van der Waals surface area contributed by atoms with Gasteiger partial charge < -0.3 is 5.32 Å². The second-order valence-corrected chi connectivity index (χ2v) is 4.48. The van der Waals surface area contributed by atoms with E-state index in [2.05, 4.69) is 12.2 Å². The second kappa shape index (κ2) is 6.78. The topological polar surface area (TPSA) is 12.0 Å². The Bertz CT molecular complexity index is 356. The Morgan fingerprint density at radius 1 is 1.28 bits per heavy atom. The summed E-state index contributed by atoms with van der Waals surface area (Å²) < 4.78 is 37.6. The first kappa shape index (κ1) is 15.0. The van der Waals surface area contributed by atoms with Crippen molar-refractivity contribution in [2.24, 2.45) is 0 Å². The van der Waals surface area contributed by atoms with E-state index in [-0.39, 0.29) is 0 Å². The van der Waals surface area contributed by atoms with E-state index in [9.17, 15) is 13.2 Å². The quantitative estimate of drug-likeness (QED) is 0.813. The minimum Gasteiger partial charge on any atom is -0.317 e. The third-order valence-electron chi connectivity index (χ3n) is 3.17. The van der Waals surface area contributed by atoms with Crippen LogP contribution in [0.3, 0.4) is 0 Å². The highest BCUT2D eigenvalue weighted by molar-refractivity contribution is 5.25. The molecule has 0 bridgehead atoms. The normalized spacial score (nSPS) is 13.6. The number of nitrogens with one attached hydrogen (secondary N) is 1. The Balaban J connectivity index is 2.53. The molecule has 1 rings (SSSR count). The van der Waals surface area contributed by atoms with Crippen molar-refractivity contribution in [1.29, 1.82) is 0 Å². The van der Waals surface area contributed by atoms with Gasteiger partial charge in [0.1, 0.15) is 0 Å². The zero-order valence-electron chi connectivity index (χ0n) is 10.8. The third-order valence-corrected chi connectivity index (χ3v) is 3.17. The third kappa shape index (κ3) is 4.69. The molecule has 0 radical (unpaired) electrons. The van der Waals surface area contributed by atoms with Gasteiger partial charge in [-0.15, -0.1) is 0 Å². The van der Waals surface area contributed by atoms with Crippen molar-refractivity contribution in [2.45, 2.75) is 44.8 Å². The van der Waals surface area contributed by atoms with Gasteiger partial charge in [-0.05, 0) is 44.4 Å². The van der Waals surface area contributed by atoms with Crippen molar-refractivity contribution in [3.8, 4) is 0 Å². The molecule has 4 heteroatoms. The molecule has 1 aromatic rings. The summed E-state index contributed by atoms with van der Waals surface area (Å²) in [5.74, 6) is 0. The molecule has 1 N–H and O–H groups in total. The minimum absolute atomic E-state index is 0.454. The number of halogens is 3. The molecule has 0 heterocycles. The zero-order chi connectivity index (χ0) is 13.6. The molecular weight excluding hydrogens is 239 g/mol. The maximum atomic E-state index is 12.5. The average Bonchev–Trinajstić information content (AvgIpc) is 2.34. The van der Waals surface area contributed by atoms with Crippen molar-refractivity contribution >= 4 is 0 Å². The summed E-state index contributed by atoms with van der Waals surface area (Å²) in [6.07, 6.45) is -0.613. The van der Waals surface area contributed by atoms with Gasteiger partial charge in [0.15, 0.2) is 0 Å². The van der Waals surface area contributed by atoms with E-state index in [1.165, 1.54) is 12.1 Å². The van der Waals surface area contributed by atoms with Crippen molar-refractivity contribution in [3.63, 3.8) is 0 Å². The van der Waals surface area contributed by atoms with E-state index in [1.807, 2.05) is 7.05 Å². The van der Waals surface area contributed by atoms with Crippen LogP contribution in [0.25, 0.3) is 0 Å². The minimum atomic E-state index is -4.24. The molecule has 0 aliphatic carbocycles. The Hall–Kier alpha value is -1.03. The predicted octanol–water partition coefficient (Wildman–Crippen LogP) is 4.03. The Morgan fingerprint density at radius 2 is 2.00 bits per heavy atom. The molecule has 18 heavy (non-hydrogen) atoms. The van der Waals surface area contributed by atoms with Gasteiger partial charge in [0.2, 0.25) is 0 Å². The summed E-state index contributed by atoms with van der Waals surface area (Å²) in [6, 6.07) is 6.06. The molecular formula is C14H20F3N. The second-order valence-electron chi connectivity index (χ2n) is 4.48. The molecule has 102 valence electrons. The van der Waals surface area contributed by atoms with E-state index in [4.69, 9.17) is 0 Å². The van der Waals surface area contributed by atoms with Crippen LogP contribution >= 0.6 is 0 Å². The molecule has 0 aliphatic rings. The molecule has 0 spiro atoms. The SMILES string of the molecule is CCC(CCCc1cccc(C(F)(F)F)c1)NC. The summed E-state index contributed by atoms with van der Waals surface area (Å²) in [4.78, 5) is 0. The molecule has 1 unspecified atom stereocenters. The van der Waals surface area contributed by atoms with Crippen LogP contribution in [0.2, 0.25) is 0 Å². The highest BCUT2D eigenvalue weighted by Gasteiger charge is 2.30. The van der Waals surface area contributed by atoms with Crippen LogP contribution in [0, 0.1) is 0 Å². The number of hydrogen-bond donors (Lipinski definition) is 1. The monoisotopic (exact) mass is 259 g/mol. The van der Waals surface area contributed by atoms with Crippen LogP contribution in [-0.4, -0.2) is 13.1 Å². The summed E-state index contributed by atoms with van der Waals surface area (Å²) >= 11 is 0. The van der Waals surface area contributed by atoms with E-state index in [1.54, 1.807) is 6.07 Å². The predicted molar refractivity (Wildman–Crippen MR) is 67.5 cm³/mol. The molecule has 0 fully saturated rings. The van der Waals surface area contributed by atoms with Crippen LogP contribution in [-0.2, 0) is 12.6 Å². The first-order valence-corrected chi connectivity index (χ1v) is 6.30. The van der Waals surface area contributed by atoms with Crippen molar-refractivity contribution in [1.82, 2.24) is 5.32 Å². The molecule has 1 nitrogen and oxygen atoms in total. The lowest BCUT2D eigenvalue weighted by atomic mass is 10.0. The van der Waals surface area contributed by atoms with Gasteiger partial charge >= 0.3 is 6.18 Å². The van der Waals surface area contributed by atoms with Crippen LogP contribution in [0.4, 0.5) is 13.2 Å². The lowest BCUT2D eigenvalue weighted by Crippen LogP contribution is -2.23. The Kier molecular flexibility index (Phi) is 5.66. The van der Waals surface area contributed by atoms with Gasteiger partial charge in [-0.3, -0.25) is 0 Å². The molecule has 0 saturated heterocycles. The molecule has 0 amide bonds. The van der Waals surface area contributed by atoms with Crippen LogP contribution in [0.15, 0.2) is 24.3 Å². The van der Waals surface area contributed by atoms with Gasteiger partial charge in [-0.1, -0.05) is 25.1 Å². The number of benzene rings is 1. The van der Waals surface area contributed by atoms with Gasteiger partial charge in [0.05, 0.1) is 5.56 Å². The number of hydrogen-bond acceptors (Lipinski definition) is 1. The number of aryl methyl sites for hydroxylation is 1.